The monoisotopic (exact) mass is 263 g/mol. The van der Waals surface area contributed by atoms with Crippen LogP contribution >= 0.6 is 11.6 Å². The van der Waals surface area contributed by atoms with Gasteiger partial charge in [-0.1, -0.05) is 17.7 Å². The molecule has 0 bridgehead atoms. The Morgan fingerprint density at radius 3 is 2.67 bits per heavy atom. The van der Waals surface area contributed by atoms with E-state index in [4.69, 9.17) is 11.6 Å². The first-order valence-corrected chi connectivity index (χ1v) is 5.60. The van der Waals surface area contributed by atoms with Crippen molar-refractivity contribution < 1.29 is 9.21 Å². The first-order valence-electron chi connectivity index (χ1n) is 5.22. The number of aryl methyl sites for hydroxylation is 1. The minimum Gasteiger partial charge on any atom is -0.430 e. The zero-order chi connectivity index (χ0) is 13.1. The van der Waals surface area contributed by atoms with Gasteiger partial charge in [-0.05, 0) is 30.7 Å². The number of carbonyl (C=O) groups is 1. The Bertz CT molecular complexity index is 628. The zero-order valence-corrected chi connectivity index (χ0v) is 10.3. The highest BCUT2D eigenvalue weighted by Gasteiger charge is 2.07. The Labute approximate surface area is 108 Å². The molecule has 18 heavy (non-hydrogen) atoms. The third kappa shape index (κ3) is 2.78. The summed E-state index contributed by atoms with van der Waals surface area (Å²) in [6.07, 6.45) is 1.12. The minimum absolute atomic E-state index is 0.270. The van der Waals surface area contributed by atoms with Gasteiger partial charge < -0.3 is 9.73 Å². The third-order valence-corrected chi connectivity index (χ3v) is 2.80. The summed E-state index contributed by atoms with van der Waals surface area (Å²) in [6, 6.07) is 7.81. The summed E-state index contributed by atoms with van der Waals surface area (Å²) in [7, 11) is 0. The molecule has 0 spiro atoms. The van der Waals surface area contributed by atoms with Crippen LogP contribution in [-0.4, -0.2) is 5.91 Å². The van der Waals surface area contributed by atoms with Crippen LogP contribution in [0.1, 0.15) is 15.9 Å². The van der Waals surface area contributed by atoms with Crippen molar-refractivity contribution in [2.24, 2.45) is 0 Å². The van der Waals surface area contributed by atoms with E-state index in [0.717, 1.165) is 11.8 Å². The average molecular weight is 264 g/mol. The van der Waals surface area contributed by atoms with Gasteiger partial charge in [0.1, 0.15) is 6.26 Å². The molecule has 0 aliphatic heterocycles. The van der Waals surface area contributed by atoms with Crippen molar-refractivity contribution in [2.45, 2.75) is 6.92 Å². The van der Waals surface area contributed by atoms with Crippen LogP contribution in [0.5, 0.6) is 0 Å². The molecule has 4 nitrogen and oxygen atoms in total. The van der Waals surface area contributed by atoms with Crippen molar-refractivity contribution in [2.75, 3.05) is 5.32 Å². The standard InChI is InChI=1S/C13H10ClNO3/c1-8-2-4-10(6-11(8)14)15-13(17)9-3-5-12(16)18-7-9/h2-7H,1H3,(H,15,17). The predicted octanol–water partition coefficient (Wildman–Crippen LogP) is 2.85. The fraction of sp³-hybridized carbons (Fsp3) is 0.0769. The Hall–Kier alpha value is -2.07. The number of hydrogen-bond donors (Lipinski definition) is 1. The van der Waals surface area contributed by atoms with Gasteiger partial charge in [0.05, 0.1) is 5.56 Å². The molecule has 2 rings (SSSR count). The summed E-state index contributed by atoms with van der Waals surface area (Å²) >= 11 is 5.95. The van der Waals surface area contributed by atoms with Gasteiger partial charge in [-0.15, -0.1) is 0 Å². The Kier molecular flexibility index (Phi) is 3.48. The van der Waals surface area contributed by atoms with Gasteiger partial charge in [-0.3, -0.25) is 4.79 Å². The van der Waals surface area contributed by atoms with Crippen LogP contribution in [0.4, 0.5) is 5.69 Å². The lowest BCUT2D eigenvalue weighted by atomic mass is 10.2. The van der Waals surface area contributed by atoms with Crippen LogP contribution in [-0.2, 0) is 0 Å². The fourth-order valence-corrected chi connectivity index (χ4v) is 1.54. The molecule has 0 aliphatic carbocycles. The molecular formula is C13H10ClNO3. The molecule has 2 aromatic rings. The number of halogens is 1. The number of rotatable bonds is 2. The molecule has 0 atom stereocenters. The van der Waals surface area contributed by atoms with Gasteiger partial charge in [-0.2, -0.15) is 0 Å². The summed E-state index contributed by atoms with van der Waals surface area (Å²) in [5.74, 6) is -0.362. The SMILES string of the molecule is Cc1ccc(NC(=O)c2ccc(=O)oc2)cc1Cl. The van der Waals surface area contributed by atoms with E-state index in [0.29, 0.717) is 10.7 Å². The second kappa shape index (κ2) is 5.06. The average Bonchev–Trinajstić information content (AvgIpc) is 2.34. The van der Waals surface area contributed by atoms with Crippen molar-refractivity contribution >= 4 is 23.2 Å². The molecular weight excluding hydrogens is 254 g/mol. The quantitative estimate of drug-likeness (QED) is 0.906. The Morgan fingerprint density at radius 1 is 1.28 bits per heavy atom. The molecule has 1 aromatic heterocycles. The summed E-state index contributed by atoms with van der Waals surface area (Å²) in [4.78, 5) is 22.6. The zero-order valence-electron chi connectivity index (χ0n) is 9.57. The number of benzene rings is 1. The van der Waals surface area contributed by atoms with Gasteiger partial charge in [0.25, 0.3) is 5.91 Å². The summed E-state index contributed by atoms with van der Waals surface area (Å²) < 4.78 is 4.62. The summed E-state index contributed by atoms with van der Waals surface area (Å²) in [5.41, 5.74) is 1.29. The van der Waals surface area contributed by atoms with Crippen LogP contribution in [0.15, 0.2) is 45.8 Å². The lowest BCUT2D eigenvalue weighted by Crippen LogP contribution is -2.12. The van der Waals surface area contributed by atoms with Crippen LogP contribution < -0.4 is 10.9 Å². The van der Waals surface area contributed by atoms with Crippen molar-refractivity contribution in [3.05, 3.63) is 63.2 Å². The second-order valence-corrected chi connectivity index (χ2v) is 4.17. The van der Waals surface area contributed by atoms with E-state index >= 15 is 0 Å². The van der Waals surface area contributed by atoms with Crippen molar-refractivity contribution in [1.82, 2.24) is 0 Å². The van der Waals surface area contributed by atoms with E-state index in [-0.39, 0.29) is 11.5 Å². The third-order valence-electron chi connectivity index (χ3n) is 2.39. The second-order valence-electron chi connectivity index (χ2n) is 3.76. The molecule has 92 valence electrons. The molecule has 0 saturated heterocycles. The molecule has 5 heteroatoms. The van der Waals surface area contributed by atoms with Crippen LogP contribution in [0.3, 0.4) is 0 Å². The molecule has 0 unspecified atom stereocenters. The lowest BCUT2D eigenvalue weighted by molar-refractivity contribution is 0.102. The van der Waals surface area contributed by atoms with E-state index in [1.165, 1.54) is 12.1 Å². The first-order chi connectivity index (χ1) is 8.56. The van der Waals surface area contributed by atoms with E-state index < -0.39 is 5.63 Å². The van der Waals surface area contributed by atoms with Crippen molar-refractivity contribution in [1.29, 1.82) is 0 Å². The topological polar surface area (TPSA) is 59.3 Å². The highest BCUT2D eigenvalue weighted by atomic mass is 35.5. The maximum absolute atomic E-state index is 11.8. The predicted molar refractivity (Wildman–Crippen MR) is 69.1 cm³/mol. The number of anilines is 1. The van der Waals surface area contributed by atoms with Gasteiger partial charge >= 0.3 is 5.63 Å². The van der Waals surface area contributed by atoms with E-state index in [1.54, 1.807) is 12.1 Å². The molecule has 1 amide bonds. The Morgan fingerprint density at radius 2 is 2.06 bits per heavy atom. The number of hydrogen-bond acceptors (Lipinski definition) is 3. The van der Waals surface area contributed by atoms with Gasteiger partial charge in [-0.25, -0.2) is 4.79 Å². The summed E-state index contributed by atoms with van der Waals surface area (Å²) in [5, 5.41) is 3.24. The molecule has 0 saturated carbocycles. The van der Waals surface area contributed by atoms with Crippen molar-refractivity contribution in [3.8, 4) is 0 Å². The van der Waals surface area contributed by atoms with Gasteiger partial charge in [0, 0.05) is 16.8 Å². The van der Waals surface area contributed by atoms with Gasteiger partial charge in [0.15, 0.2) is 0 Å². The number of amides is 1. The first kappa shape index (κ1) is 12.4. The summed E-state index contributed by atoms with van der Waals surface area (Å²) in [6.45, 7) is 1.87. The van der Waals surface area contributed by atoms with E-state index in [1.807, 2.05) is 13.0 Å². The fourth-order valence-electron chi connectivity index (χ4n) is 1.36. The number of nitrogens with one attached hydrogen (secondary N) is 1. The molecule has 1 heterocycles. The molecule has 1 aromatic carbocycles. The highest BCUT2D eigenvalue weighted by Crippen LogP contribution is 2.20. The van der Waals surface area contributed by atoms with Crippen LogP contribution in [0, 0.1) is 6.92 Å². The largest absolute Gasteiger partial charge is 0.430 e. The van der Waals surface area contributed by atoms with Crippen molar-refractivity contribution in [3.63, 3.8) is 0 Å². The smallest absolute Gasteiger partial charge is 0.335 e. The molecule has 1 N–H and O–H groups in total. The van der Waals surface area contributed by atoms with Gasteiger partial charge in [0.2, 0.25) is 0 Å². The minimum atomic E-state index is -0.495. The maximum atomic E-state index is 11.8. The van der Waals surface area contributed by atoms with E-state index in [2.05, 4.69) is 9.73 Å². The highest BCUT2D eigenvalue weighted by molar-refractivity contribution is 6.31. The lowest BCUT2D eigenvalue weighted by Gasteiger charge is -2.06. The molecule has 0 fully saturated rings. The Balaban J connectivity index is 2.18. The normalized spacial score (nSPS) is 10.1. The molecule has 0 aliphatic rings. The maximum Gasteiger partial charge on any atom is 0.335 e. The van der Waals surface area contributed by atoms with E-state index in [9.17, 15) is 9.59 Å². The molecule has 0 radical (unpaired) electrons. The van der Waals surface area contributed by atoms with Crippen LogP contribution in [0.25, 0.3) is 0 Å². The van der Waals surface area contributed by atoms with Crippen LogP contribution in [0.2, 0.25) is 5.02 Å². The number of carbonyl (C=O) groups excluding carboxylic acids is 1.